The van der Waals surface area contributed by atoms with E-state index in [1.54, 1.807) is 37.6 Å². The highest BCUT2D eigenvalue weighted by molar-refractivity contribution is 7.99. The van der Waals surface area contributed by atoms with Crippen molar-refractivity contribution in [2.24, 2.45) is 0 Å². The maximum atomic E-state index is 12.4. The Kier molecular flexibility index (Phi) is 7.64. The predicted octanol–water partition coefficient (Wildman–Crippen LogP) is 3.75. The number of rotatable bonds is 8. The second-order valence-corrected chi connectivity index (χ2v) is 8.79. The summed E-state index contributed by atoms with van der Waals surface area (Å²) in [5.74, 6) is 1.68. The van der Waals surface area contributed by atoms with Crippen LogP contribution < -0.4 is 19.9 Å². The summed E-state index contributed by atoms with van der Waals surface area (Å²) in [5, 5.41) is 3.38. The summed E-state index contributed by atoms with van der Waals surface area (Å²) in [5.41, 5.74) is 2.31. The van der Waals surface area contributed by atoms with Gasteiger partial charge in [0.2, 0.25) is 5.91 Å². The largest absolute Gasteiger partial charge is 0.497 e. The van der Waals surface area contributed by atoms with Gasteiger partial charge in [-0.05, 0) is 37.3 Å². The molecule has 0 aliphatic carbocycles. The highest BCUT2D eigenvalue weighted by atomic mass is 32.2. The molecule has 1 N–H and O–H groups in total. The lowest BCUT2D eigenvalue weighted by molar-refractivity contribution is -0.113. The maximum Gasteiger partial charge on any atom is 0.234 e. The molecule has 1 aliphatic rings. The lowest BCUT2D eigenvalue weighted by Gasteiger charge is -2.36. The third kappa shape index (κ3) is 6.05. The van der Waals surface area contributed by atoms with E-state index in [1.807, 2.05) is 18.2 Å². The molecule has 1 amide bonds. The Morgan fingerprint density at radius 3 is 2.56 bits per heavy atom. The van der Waals surface area contributed by atoms with Crippen molar-refractivity contribution >= 4 is 40.6 Å². The summed E-state index contributed by atoms with van der Waals surface area (Å²) in [6, 6.07) is 16.9. The van der Waals surface area contributed by atoms with E-state index in [9.17, 15) is 9.59 Å². The molecular weight excluding hydrogens is 450 g/mol. The highest BCUT2D eigenvalue weighted by Gasteiger charge is 2.19. The van der Waals surface area contributed by atoms with E-state index >= 15 is 0 Å². The van der Waals surface area contributed by atoms with Gasteiger partial charge in [0.25, 0.3) is 0 Å². The van der Waals surface area contributed by atoms with Crippen LogP contribution in [0, 0.1) is 0 Å². The van der Waals surface area contributed by atoms with Gasteiger partial charge in [0.15, 0.2) is 10.9 Å². The van der Waals surface area contributed by atoms with Gasteiger partial charge in [-0.25, -0.2) is 9.97 Å². The fourth-order valence-electron chi connectivity index (χ4n) is 3.72. The third-order valence-electron chi connectivity index (χ3n) is 5.53. The number of carbonyl (C=O) groups is 2. The molecule has 0 bridgehead atoms. The number of anilines is 3. The summed E-state index contributed by atoms with van der Waals surface area (Å²) in [6.45, 7) is 4.93. The zero-order valence-electron chi connectivity index (χ0n) is 19.2. The number of carbonyl (C=O) groups excluding carboxylic acids is 2. The summed E-state index contributed by atoms with van der Waals surface area (Å²) in [6.07, 6.45) is 1.73. The molecule has 4 rings (SSSR count). The van der Waals surface area contributed by atoms with Gasteiger partial charge in [-0.2, -0.15) is 0 Å². The molecule has 0 spiro atoms. The van der Waals surface area contributed by atoms with Gasteiger partial charge < -0.3 is 19.9 Å². The molecule has 0 radical (unpaired) electrons. The van der Waals surface area contributed by atoms with Crippen molar-refractivity contribution in [1.82, 2.24) is 9.97 Å². The normalized spacial score (nSPS) is 13.5. The molecule has 1 fully saturated rings. The first-order valence-corrected chi connectivity index (χ1v) is 12.0. The minimum Gasteiger partial charge on any atom is -0.497 e. The Hall–Kier alpha value is -3.59. The number of benzene rings is 2. The smallest absolute Gasteiger partial charge is 0.234 e. The molecule has 2 aromatic carbocycles. The third-order valence-corrected chi connectivity index (χ3v) is 6.39. The van der Waals surface area contributed by atoms with Gasteiger partial charge in [0, 0.05) is 55.4 Å². The van der Waals surface area contributed by atoms with Gasteiger partial charge >= 0.3 is 0 Å². The Morgan fingerprint density at radius 2 is 1.79 bits per heavy atom. The van der Waals surface area contributed by atoms with Crippen LogP contribution in [0.25, 0.3) is 0 Å². The van der Waals surface area contributed by atoms with Crippen LogP contribution in [0.5, 0.6) is 5.75 Å². The zero-order chi connectivity index (χ0) is 23.9. The average Bonchev–Trinajstić information content (AvgIpc) is 2.88. The summed E-state index contributed by atoms with van der Waals surface area (Å²) in [7, 11) is 1.68. The second kappa shape index (κ2) is 11.0. The lowest BCUT2D eigenvalue weighted by Crippen LogP contribution is -2.46. The zero-order valence-corrected chi connectivity index (χ0v) is 20.0. The van der Waals surface area contributed by atoms with E-state index in [1.165, 1.54) is 18.7 Å². The van der Waals surface area contributed by atoms with Gasteiger partial charge in [-0.1, -0.05) is 30.0 Å². The second-order valence-electron chi connectivity index (χ2n) is 7.85. The van der Waals surface area contributed by atoms with Crippen molar-refractivity contribution in [2.45, 2.75) is 12.1 Å². The van der Waals surface area contributed by atoms with E-state index in [0.29, 0.717) is 16.4 Å². The van der Waals surface area contributed by atoms with Crippen molar-refractivity contribution in [3.05, 3.63) is 66.4 Å². The minimum atomic E-state index is -0.174. The number of hydrogen-bond donors (Lipinski definition) is 1. The van der Waals surface area contributed by atoms with Crippen LogP contribution in [0.2, 0.25) is 0 Å². The number of piperazine rings is 1. The van der Waals surface area contributed by atoms with Crippen molar-refractivity contribution in [3.63, 3.8) is 0 Å². The van der Waals surface area contributed by atoms with Crippen LogP contribution in [0.1, 0.15) is 17.3 Å². The first-order valence-electron chi connectivity index (χ1n) is 11.0. The molecule has 1 aliphatic heterocycles. The van der Waals surface area contributed by atoms with Gasteiger partial charge in [-0.3, -0.25) is 9.59 Å². The Bertz CT molecular complexity index is 1160. The van der Waals surface area contributed by atoms with E-state index < -0.39 is 0 Å². The van der Waals surface area contributed by atoms with Crippen LogP contribution >= 0.6 is 11.8 Å². The van der Waals surface area contributed by atoms with Crippen molar-refractivity contribution in [1.29, 1.82) is 0 Å². The number of ether oxygens (including phenoxy) is 1. The van der Waals surface area contributed by atoms with Crippen molar-refractivity contribution in [2.75, 3.05) is 54.2 Å². The number of hydrogen-bond acceptors (Lipinski definition) is 8. The lowest BCUT2D eigenvalue weighted by atomic mass is 10.1. The molecule has 176 valence electrons. The van der Waals surface area contributed by atoms with Gasteiger partial charge in [0.05, 0.1) is 12.9 Å². The van der Waals surface area contributed by atoms with Crippen LogP contribution in [0.4, 0.5) is 17.2 Å². The van der Waals surface area contributed by atoms with E-state index in [-0.39, 0.29) is 17.4 Å². The number of amides is 1. The van der Waals surface area contributed by atoms with E-state index in [0.717, 1.165) is 43.4 Å². The Balaban J connectivity index is 1.30. The van der Waals surface area contributed by atoms with Crippen LogP contribution in [-0.4, -0.2) is 60.7 Å². The predicted molar refractivity (Wildman–Crippen MR) is 135 cm³/mol. The molecule has 2 heterocycles. The monoisotopic (exact) mass is 477 g/mol. The number of aromatic nitrogens is 2. The maximum absolute atomic E-state index is 12.4. The Morgan fingerprint density at radius 1 is 1.03 bits per heavy atom. The molecule has 0 unspecified atom stereocenters. The number of Topliss-reactive ketones (excluding diaryl/α,β-unsaturated/α-hetero) is 1. The number of ketones is 1. The Labute approximate surface area is 203 Å². The first kappa shape index (κ1) is 23.6. The van der Waals surface area contributed by atoms with Crippen molar-refractivity contribution < 1.29 is 14.3 Å². The summed E-state index contributed by atoms with van der Waals surface area (Å²) >= 11 is 1.29. The quantitative estimate of drug-likeness (QED) is 0.298. The number of nitrogens with one attached hydrogen (secondary N) is 1. The number of methoxy groups -OCH3 is 1. The first-order chi connectivity index (χ1) is 16.5. The van der Waals surface area contributed by atoms with Gasteiger partial charge in [-0.15, -0.1) is 0 Å². The van der Waals surface area contributed by atoms with E-state index in [2.05, 4.69) is 37.2 Å². The molecule has 1 saturated heterocycles. The average molecular weight is 478 g/mol. The fraction of sp³-hybridized carbons (Fsp3) is 0.280. The van der Waals surface area contributed by atoms with Crippen molar-refractivity contribution in [3.8, 4) is 5.75 Å². The number of nitrogens with zero attached hydrogens (tertiary/aromatic N) is 4. The van der Waals surface area contributed by atoms with Crippen LogP contribution in [-0.2, 0) is 4.79 Å². The molecule has 3 aromatic rings. The molecule has 1 aromatic heterocycles. The molecule has 0 atom stereocenters. The highest BCUT2D eigenvalue weighted by Crippen LogP contribution is 2.24. The van der Waals surface area contributed by atoms with E-state index in [4.69, 9.17) is 4.74 Å². The summed E-state index contributed by atoms with van der Waals surface area (Å²) < 4.78 is 5.34. The van der Waals surface area contributed by atoms with Gasteiger partial charge in [0.1, 0.15) is 11.6 Å². The minimum absolute atomic E-state index is 0.0417. The molecule has 34 heavy (non-hydrogen) atoms. The number of thioether (sulfide) groups is 1. The van der Waals surface area contributed by atoms with Crippen LogP contribution in [0.15, 0.2) is 66.0 Å². The molecule has 9 heteroatoms. The summed E-state index contributed by atoms with van der Waals surface area (Å²) in [4.78, 5) is 37.4. The standard InChI is InChI=1S/C25H27N5O3S/c1-18(31)19-5-3-6-20(15-19)27-24(32)17-34-25-26-10-9-23(28-25)30-13-11-29(12-14-30)21-7-4-8-22(16-21)33-2/h3-10,15-16H,11-14,17H2,1-2H3,(H,27,32). The topological polar surface area (TPSA) is 87.7 Å². The van der Waals surface area contributed by atoms with Crippen LogP contribution in [0.3, 0.4) is 0 Å². The molecule has 8 nitrogen and oxygen atoms in total. The molecule has 0 saturated carbocycles. The SMILES string of the molecule is COc1cccc(N2CCN(c3ccnc(SCC(=O)Nc4cccc(C(C)=O)c4)n3)CC2)c1. The fourth-order valence-corrected chi connectivity index (χ4v) is 4.35. The molecular formula is C25H27N5O3S.